The van der Waals surface area contributed by atoms with Gasteiger partial charge in [-0.25, -0.2) is 0 Å². The molecule has 90 valence electrons. The molecule has 0 aromatic rings. The zero-order chi connectivity index (χ0) is 11.6. The third-order valence-electron chi connectivity index (χ3n) is 3.54. The Kier molecular flexibility index (Phi) is 4.19. The van der Waals surface area contributed by atoms with Gasteiger partial charge in [-0.3, -0.25) is 0 Å². The third-order valence-corrected chi connectivity index (χ3v) is 3.54. The monoisotopic (exact) mass is 212 g/mol. The van der Waals surface area contributed by atoms with Crippen molar-refractivity contribution in [2.45, 2.75) is 65.1 Å². The van der Waals surface area contributed by atoms with E-state index in [0.29, 0.717) is 6.04 Å². The summed E-state index contributed by atoms with van der Waals surface area (Å²) < 4.78 is 0. The summed E-state index contributed by atoms with van der Waals surface area (Å²) in [7, 11) is 2.27. The van der Waals surface area contributed by atoms with Crippen LogP contribution in [0.15, 0.2) is 0 Å². The molecule has 1 rings (SSSR count). The molecule has 2 atom stereocenters. The average molecular weight is 212 g/mol. The summed E-state index contributed by atoms with van der Waals surface area (Å²) in [5.74, 6) is 0.717. The van der Waals surface area contributed by atoms with Gasteiger partial charge in [0.15, 0.2) is 0 Å². The van der Waals surface area contributed by atoms with E-state index in [-0.39, 0.29) is 5.54 Å². The van der Waals surface area contributed by atoms with E-state index in [0.717, 1.165) is 18.5 Å². The van der Waals surface area contributed by atoms with Crippen molar-refractivity contribution in [3.05, 3.63) is 0 Å². The summed E-state index contributed by atoms with van der Waals surface area (Å²) in [4.78, 5) is 2.55. The molecule has 0 spiro atoms. The van der Waals surface area contributed by atoms with Gasteiger partial charge in [-0.2, -0.15) is 0 Å². The molecule has 0 aliphatic heterocycles. The van der Waals surface area contributed by atoms with E-state index >= 15 is 0 Å². The Hall–Kier alpha value is -0.0800. The van der Waals surface area contributed by atoms with Gasteiger partial charge < -0.3 is 10.2 Å². The van der Waals surface area contributed by atoms with Gasteiger partial charge in [-0.05, 0) is 60.0 Å². The normalized spacial score (nSPS) is 21.8. The van der Waals surface area contributed by atoms with Gasteiger partial charge in [0.1, 0.15) is 0 Å². The highest BCUT2D eigenvalue weighted by atomic mass is 15.2. The van der Waals surface area contributed by atoms with Gasteiger partial charge in [0.05, 0.1) is 0 Å². The van der Waals surface area contributed by atoms with Crippen molar-refractivity contribution in [2.24, 2.45) is 5.92 Å². The summed E-state index contributed by atoms with van der Waals surface area (Å²) in [5.41, 5.74) is 0.242. The van der Waals surface area contributed by atoms with E-state index in [4.69, 9.17) is 0 Å². The molecule has 1 saturated carbocycles. The molecule has 0 heterocycles. The fraction of sp³-hybridized carbons (Fsp3) is 1.00. The molecule has 1 fully saturated rings. The molecule has 0 saturated heterocycles. The number of rotatable bonds is 5. The highest BCUT2D eigenvalue weighted by Crippen LogP contribution is 2.28. The van der Waals surface area contributed by atoms with Gasteiger partial charge in [-0.1, -0.05) is 6.92 Å². The number of nitrogens with one attached hydrogen (secondary N) is 1. The zero-order valence-electron chi connectivity index (χ0n) is 11.3. The maximum Gasteiger partial charge on any atom is 0.0105 e. The van der Waals surface area contributed by atoms with Crippen LogP contribution in [0.3, 0.4) is 0 Å². The Morgan fingerprint density at radius 3 is 2.20 bits per heavy atom. The molecule has 2 heteroatoms. The minimum absolute atomic E-state index is 0.242. The van der Waals surface area contributed by atoms with Crippen LogP contribution < -0.4 is 5.32 Å². The van der Waals surface area contributed by atoms with E-state index in [2.05, 4.69) is 51.9 Å². The van der Waals surface area contributed by atoms with E-state index in [1.807, 2.05) is 0 Å². The Bertz CT molecular complexity index is 191. The van der Waals surface area contributed by atoms with E-state index in [1.54, 1.807) is 0 Å². The first-order chi connectivity index (χ1) is 6.81. The largest absolute Gasteiger partial charge is 0.312 e. The molecular formula is C13H28N2. The lowest BCUT2D eigenvalue weighted by atomic mass is 10.00. The first kappa shape index (κ1) is 13.0. The molecule has 2 unspecified atom stereocenters. The maximum atomic E-state index is 3.59. The fourth-order valence-corrected chi connectivity index (χ4v) is 1.85. The van der Waals surface area contributed by atoms with Gasteiger partial charge in [0.2, 0.25) is 0 Å². The summed E-state index contributed by atoms with van der Waals surface area (Å²) in [6.45, 7) is 12.5. The number of hydrogen-bond acceptors (Lipinski definition) is 2. The number of nitrogens with zero attached hydrogens (tertiary/aromatic N) is 1. The summed E-state index contributed by atoms with van der Waals surface area (Å²) >= 11 is 0. The minimum Gasteiger partial charge on any atom is -0.312 e. The van der Waals surface area contributed by atoms with E-state index in [1.165, 1.54) is 12.8 Å². The molecular weight excluding hydrogens is 184 g/mol. The third kappa shape index (κ3) is 4.52. The second-order valence-electron chi connectivity index (χ2n) is 6.25. The standard InChI is InChI=1S/C13H28N2/c1-10(9-14-13(3,4)5)11(2)15(6)12-7-8-12/h10-12,14H,7-9H2,1-6H3. The lowest BCUT2D eigenvalue weighted by Crippen LogP contribution is -2.44. The van der Waals surface area contributed by atoms with Crippen molar-refractivity contribution in [2.75, 3.05) is 13.6 Å². The van der Waals surface area contributed by atoms with Crippen LogP contribution >= 0.6 is 0 Å². The average Bonchev–Trinajstić information content (AvgIpc) is 2.93. The van der Waals surface area contributed by atoms with Gasteiger partial charge in [-0.15, -0.1) is 0 Å². The lowest BCUT2D eigenvalue weighted by Gasteiger charge is -2.32. The maximum absolute atomic E-state index is 3.59. The molecule has 0 amide bonds. The Balaban J connectivity index is 2.28. The van der Waals surface area contributed by atoms with Gasteiger partial charge >= 0.3 is 0 Å². The second kappa shape index (κ2) is 4.84. The minimum atomic E-state index is 0.242. The van der Waals surface area contributed by atoms with E-state index in [9.17, 15) is 0 Å². The zero-order valence-corrected chi connectivity index (χ0v) is 11.3. The Labute approximate surface area is 95.4 Å². The first-order valence-electron chi connectivity index (χ1n) is 6.28. The van der Waals surface area contributed by atoms with Crippen LogP contribution in [0.5, 0.6) is 0 Å². The predicted octanol–water partition coefficient (Wildman–Crippen LogP) is 2.49. The topological polar surface area (TPSA) is 15.3 Å². The molecule has 1 N–H and O–H groups in total. The molecule has 0 radical (unpaired) electrons. The van der Waals surface area contributed by atoms with Gasteiger partial charge in [0, 0.05) is 17.6 Å². The summed E-state index contributed by atoms with van der Waals surface area (Å²) in [6.07, 6.45) is 2.81. The highest BCUT2D eigenvalue weighted by molar-refractivity contribution is 4.87. The molecule has 0 aromatic heterocycles. The SMILES string of the molecule is CC(CNC(C)(C)C)C(C)N(C)C1CC1. The van der Waals surface area contributed by atoms with Crippen molar-refractivity contribution >= 4 is 0 Å². The van der Waals surface area contributed by atoms with Crippen molar-refractivity contribution in [1.82, 2.24) is 10.2 Å². The predicted molar refractivity (Wildman–Crippen MR) is 67.2 cm³/mol. The Morgan fingerprint density at radius 1 is 1.27 bits per heavy atom. The summed E-state index contributed by atoms with van der Waals surface area (Å²) in [5, 5.41) is 3.59. The molecule has 0 bridgehead atoms. The second-order valence-corrected chi connectivity index (χ2v) is 6.25. The smallest absolute Gasteiger partial charge is 0.0105 e. The highest BCUT2D eigenvalue weighted by Gasteiger charge is 2.31. The van der Waals surface area contributed by atoms with Crippen LogP contribution in [0.2, 0.25) is 0 Å². The molecule has 1 aliphatic rings. The molecule has 0 aromatic carbocycles. The van der Waals surface area contributed by atoms with Crippen LogP contribution in [0, 0.1) is 5.92 Å². The molecule has 2 nitrogen and oxygen atoms in total. The van der Waals surface area contributed by atoms with Crippen LogP contribution in [-0.4, -0.2) is 36.1 Å². The van der Waals surface area contributed by atoms with E-state index < -0.39 is 0 Å². The first-order valence-corrected chi connectivity index (χ1v) is 6.28. The van der Waals surface area contributed by atoms with Crippen molar-refractivity contribution < 1.29 is 0 Å². The summed E-state index contributed by atoms with van der Waals surface area (Å²) in [6, 6.07) is 1.56. The van der Waals surface area contributed by atoms with Crippen molar-refractivity contribution in [3.8, 4) is 0 Å². The van der Waals surface area contributed by atoms with Gasteiger partial charge in [0.25, 0.3) is 0 Å². The fourth-order valence-electron chi connectivity index (χ4n) is 1.85. The van der Waals surface area contributed by atoms with Crippen LogP contribution in [0.4, 0.5) is 0 Å². The van der Waals surface area contributed by atoms with Crippen LogP contribution in [0.25, 0.3) is 0 Å². The molecule has 15 heavy (non-hydrogen) atoms. The number of hydrogen-bond donors (Lipinski definition) is 1. The molecule has 1 aliphatic carbocycles. The quantitative estimate of drug-likeness (QED) is 0.753. The van der Waals surface area contributed by atoms with Crippen LogP contribution in [-0.2, 0) is 0 Å². The van der Waals surface area contributed by atoms with Crippen LogP contribution in [0.1, 0.15) is 47.5 Å². The van der Waals surface area contributed by atoms with Crippen molar-refractivity contribution in [3.63, 3.8) is 0 Å². The van der Waals surface area contributed by atoms with Crippen molar-refractivity contribution in [1.29, 1.82) is 0 Å². The lowest BCUT2D eigenvalue weighted by molar-refractivity contribution is 0.181. The Morgan fingerprint density at radius 2 is 1.80 bits per heavy atom.